The van der Waals surface area contributed by atoms with Crippen LogP contribution in [-0.4, -0.2) is 5.11 Å². The first-order chi connectivity index (χ1) is 5.82. The van der Waals surface area contributed by atoms with Crippen LogP contribution in [0.2, 0.25) is 0 Å². The molecule has 0 saturated heterocycles. The van der Waals surface area contributed by atoms with Gasteiger partial charge >= 0.3 is 0 Å². The lowest BCUT2D eigenvalue weighted by Gasteiger charge is -2.01. The second-order valence-electron chi connectivity index (χ2n) is 3.74. The van der Waals surface area contributed by atoms with Gasteiger partial charge in [0.1, 0.15) is 5.76 Å². The minimum atomic E-state index is 0.0592. The van der Waals surface area contributed by atoms with Crippen molar-refractivity contribution in [3.63, 3.8) is 0 Å². The highest BCUT2D eigenvalue weighted by molar-refractivity contribution is 5.66. The van der Waals surface area contributed by atoms with Crippen molar-refractivity contribution in [3.05, 3.63) is 34.7 Å². The zero-order valence-corrected chi connectivity index (χ0v) is 6.75. The van der Waals surface area contributed by atoms with E-state index >= 15 is 0 Å². The molecule has 0 bridgehead atoms. The molecule has 0 atom stereocenters. The lowest BCUT2D eigenvalue weighted by atomic mass is 10.1. The minimum Gasteiger partial charge on any atom is -0.511 e. The van der Waals surface area contributed by atoms with Crippen LogP contribution in [0.25, 0.3) is 11.8 Å². The summed E-state index contributed by atoms with van der Waals surface area (Å²) in [7, 11) is 0. The van der Waals surface area contributed by atoms with E-state index in [9.17, 15) is 5.11 Å². The van der Waals surface area contributed by atoms with E-state index in [0.29, 0.717) is 5.76 Å². The average Bonchev–Trinajstić information content (AvgIpc) is 2.79. The number of hydrogen-bond donors (Lipinski definition) is 1. The smallest absolute Gasteiger partial charge is 0.110 e. The zero-order chi connectivity index (χ0) is 8.18. The third-order valence-corrected chi connectivity index (χ3v) is 2.91. The molecule has 1 nitrogen and oxygen atoms in total. The van der Waals surface area contributed by atoms with E-state index in [2.05, 4.69) is 12.1 Å². The normalized spacial score (nSPS) is 22.2. The van der Waals surface area contributed by atoms with E-state index in [1.807, 2.05) is 18.2 Å². The van der Waals surface area contributed by atoms with Gasteiger partial charge in [0.25, 0.3) is 0 Å². The van der Waals surface area contributed by atoms with Gasteiger partial charge in [-0.1, -0.05) is 30.3 Å². The van der Waals surface area contributed by atoms with E-state index in [0.717, 1.165) is 18.1 Å². The van der Waals surface area contributed by atoms with Crippen LogP contribution >= 0.6 is 0 Å². The van der Waals surface area contributed by atoms with Gasteiger partial charge in [0.2, 0.25) is 0 Å². The SMILES string of the molecule is OC1=c2ccccc2=CC12CC2. The lowest BCUT2D eigenvalue weighted by molar-refractivity contribution is 0.454. The van der Waals surface area contributed by atoms with Crippen LogP contribution in [0.1, 0.15) is 12.8 Å². The Kier molecular flexibility index (Phi) is 0.912. The Hall–Kier alpha value is -1.24. The Bertz CT molecular complexity index is 452. The first kappa shape index (κ1) is 6.30. The van der Waals surface area contributed by atoms with Gasteiger partial charge in [0.05, 0.1) is 0 Å². The molecule has 2 aliphatic carbocycles. The Labute approximate surface area is 70.7 Å². The van der Waals surface area contributed by atoms with Gasteiger partial charge in [-0.3, -0.25) is 0 Å². The van der Waals surface area contributed by atoms with Crippen LogP contribution in [-0.2, 0) is 0 Å². The molecule has 0 amide bonds. The molecule has 1 heteroatoms. The standard InChI is InChI=1S/C11H10O/c12-10-9-4-2-1-3-8(9)7-11(10)5-6-11/h1-4,7,12H,5-6H2. The quantitative estimate of drug-likeness (QED) is 0.595. The fourth-order valence-corrected chi connectivity index (χ4v) is 1.99. The molecule has 12 heavy (non-hydrogen) atoms. The topological polar surface area (TPSA) is 20.2 Å². The Morgan fingerprint density at radius 3 is 2.58 bits per heavy atom. The van der Waals surface area contributed by atoms with Gasteiger partial charge in [-0.15, -0.1) is 0 Å². The van der Waals surface area contributed by atoms with Gasteiger partial charge in [0.15, 0.2) is 0 Å². The molecule has 1 spiro atoms. The monoisotopic (exact) mass is 158 g/mol. The average molecular weight is 158 g/mol. The third-order valence-electron chi connectivity index (χ3n) is 2.91. The van der Waals surface area contributed by atoms with Gasteiger partial charge in [-0.05, 0) is 18.1 Å². The molecule has 1 N–H and O–H groups in total. The Morgan fingerprint density at radius 1 is 1.17 bits per heavy atom. The summed E-state index contributed by atoms with van der Waals surface area (Å²) < 4.78 is 0. The van der Waals surface area contributed by atoms with Crippen molar-refractivity contribution in [1.29, 1.82) is 0 Å². The first-order valence-electron chi connectivity index (χ1n) is 4.34. The molecule has 1 aromatic carbocycles. The van der Waals surface area contributed by atoms with Gasteiger partial charge in [-0.25, -0.2) is 0 Å². The summed E-state index contributed by atoms with van der Waals surface area (Å²) in [6.07, 6.45) is 4.44. The van der Waals surface area contributed by atoms with Crippen molar-refractivity contribution in [2.24, 2.45) is 5.41 Å². The summed E-state index contributed by atoms with van der Waals surface area (Å²) >= 11 is 0. The van der Waals surface area contributed by atoms with Gasteiger partial charge in [0, 0.05) is 10.6 Å². The molecule has 0 unspecified atom stereocenters. The number of aliphatic hydroxyl groups is 1. The molecular formula is C11H10O. The molecule has 1 saturated carbocycles. The Morgan fingerprint density at radius 2 is 1.92 bits per heavy atom. The lowest BCUT2D eigenvalue weighted by Crippen LogP contribution is -2.21. The molecule has 0 aliphatic heterocycles. The first-order valence-corrected chi connectivity index (χ1v) is 4.34. The molecule has 0 aromatic heterocycles. The summed E-state index contributed by atoms with van der Waals surface area (Å²) in [4.78, 5) is 0. The fraction of sp³-hybridized carbons (Fsp3) is 0.273. The molecule has 1 fully saturated rings. The number of hydrogen-bond acceptors (Lipinski definition) is 1. The highest BCUT2D eigenvalue weighted by Gasteiger charge is 2.46. The Balaban J connectivity index is 2.47. The van der Waals surface area contributed by atoms with E-state index in [1.165, 1.54) is 5.22 Å². The summed E-state index contributed by atoms with van der Waals surface area (Å²) in [5.74, 6) is 0.595. The van der Waals surface area contributed by atoms with Crippen LogP contribution in [0.4, 0.5) is 0 Å². The maximum atomic E-state index is 9.86. The van der Waals surface area contributed by atoms with E-state index in [1.54, 1.807) is 0 Å². The van der Waals surface area contributed by atoms with E-state index < -0.39 is 0 Å². The minimum absolute atomic E-state index is 0.0592. The highest BCUT2D eigenvalue weighted by atomic mass is 16.3. The fourth-order valence-electron chi connectivity index (χ4n) is 1.99. The number of rotatable bonds is 0. The molecular weight excluding hydrogens is 148 g/mol. The van der Waals surface area contributed by atoms with Crippen LogP contribution in [0.5, 0.6) is 0 Å². The van der Waals surface area contributed by atoms with Crippen molar-refractivity contribution in [3.8, 4) is 0 Å². The van der Waals surface area contributed by atoms with E-state index in [4.69, 9.17) is 0 Å². The zero-order valence-electron chi connectivity index (χ0n) is 6.75. The summed E-state index contributed by atoms with van der Waals surface area (Å²) in [6.45, 7) is 0. The predicted molar refractivity (Wildman–Crippen MR) is 47.9 cm³/mol. The van der Waals surface area contributed by atoms with Crippen LogP contribution in [0, 0.1) is 5.41 Å². The summed E-state index contributed by atoms with van der Waals surface area (Å²) in [5.41, 5.74) is 0.0592. The second-order valence-corrected chi connectivity index (χ2v) is 3.74. The molecule has 1 aromatic rings. The number of aliphatic hydroxyl groups excluding tert-OH is 1. The van der Waals surface area contributed by atoms with Crippen LogP contribution in [0.3, 0.4) is 0 Å². The van der Waals surface area contributed by atoms with Gasteiger partial charge < -0.3 is 5.11 Å². The van der Waals surface area contributed by atoms with Crippen molar-refractivity contribution in [2.75, 3.05) is 0 Å². The largest absolute Gasteiger partial charge is 0.511 e. The second kappa shape index (κ2) is 1.74. The number of benzene rings is 1. The third kappa shape index (κ3) is 0.596. The predicted octanol–water partition coefficient (Wildman–Crippen LogP) is 0.927. The highest BCUT2D eigenvalue weighted by Crippen LogP contribution is 2.53. The summed E-state index contributed by atoms with van der Waals surface area (Å²) in [5, 5.41) is 12.1. The molecule has 60 valence electrons. The van der Waals surface area contributed by atoms with Crippen molar-refractivity contribution >= 4 is 11.8 Å². The van der Waals surface area contributed by atoms with Crippen LogP contribution < -0.4 is 10.4 Å². The van der Waals surface area contributed by atoms with Crippen molar-refractivity contribution in [1.82, 2.24) is 0 Å². The van der Waals surface area contributed by atoms with Gasteiger partial charge in [-0.2, -0.15) is 0 Å². The maximum absolute atomic E-state index is 9.86. The molecule has 0 radical (unpaired) electrons. The van der Waals surface area contributed by atoms with Crippen molar-refractivity contribution < 1.29 is 5.11 Å². The maximum Gasteiger partial charge on any atom is 0.110 e. The summed E-state index contributed by atoms with van der Waals surface area (Å²) in [6, 6.07) is 8.06. The van der Waals surface area contributed by atoms with Crippen LogP contribution in [0.15, 0.2) is 24.3 Å². The molecule has 3 rings (SSSR count). The van der Waals surface area contributed by atoms with E-state index in [-0.39, 0.29) is 5.41 Å². The van der Waals surface area contributed by atoms with Crippen molar-refractivity contribution in [2.45, 2.75) is 12.8 Å². The molecule has 2 aliphatic rings. The molecule has 0 heterocycles. The number of fused-ring (bicyclic) bond motifs is 1.